The highest BCUT2D eigenvalue weighted by Gasteiger charge is 2.16. The fourth-order valence-electron chi connectivity index (χ4n) is 1.14. The van der Waals surface area contributed by atoms with Crippen molar-refractivity contribution >= 4 is 15.5 Å². The molecule has 0 heterocycles. The summed E-state index contributed by atoms with van der Waals surface area (Å²) >= 11 is 0. The zero-order valence-corrected chi connectivity index (χ0v) is 10.6. The van der Waals surface area contributed by atoms with Crippen LogP contribution in [0.5, 0.6) is 5.75 Å². The van der Waals surface area contributed by atoms with Crippen LogP contribution in [0.25, 0.3) is 0 Å². The Kier molecular flexibility index (Phi) is 4.34. The molecule has 6 heteroatoms. The van der Waals surface area contributed by atoms with Crippen molar-refractivity contribution in [2.24, 2.45) is 0 Å². The Labute approximate surface area is 101 Å². The third-order valence-electron chi connectivity index (χ3n) is 2.30. The molecule has 1 rings (SSSR count). The number of halogens is 1. The highest BCUT2D eigenvalue weighted by Crippen LogP contribution is 2.19. The van der Waals surface area contributed by atoms with E-state index >= 15 is 0 Å². The molecule has 0 aliphatic rings. The van der Waals surface area contributed by atoms with E-state index in [1.165, 1.54) is 12.1 Å². The van der Waals surface area contributed by atoms with Gasteiger partial charge in [0.1, 0.15) is 6.61 Å². The number of benzene rings is 1. The van der Waals surface area contributed by atoms with Crippen molar-refractivity contribution in [3.05, 3.63) is 24.0 Å². The Hall–Kier alpha value is -1.30. The van der Waals surface area contributed by atoms with Gasteiger partial charge in [-0.1, -0.05) is 0 Å². The molecule has 0 saturated heterocycles. The van der Waals surface area contributed by atoms with Crippen LogP contribution in [-0.2, 0) is 9.84 Å². The molecule has 1 aromatic rings. The molecule has 1 aromatic carbocycles. The van der Waals surface area contributed by atoms with Gasteiger partial charge in [0.05, 0.1) is 11.0 Å². The number of anilines is 1. The van der Waals surface area contributed by atoms with Gasteiger partial charge in [0.15, 0.2) is 21.4 Å². The Morgan fingerprint density at radius 2 is 2.06 bits per heavy atom. The molecule has 0 aromatic heterocycles. The van der Waals surface area contributed by atoms with Gasteiger partial charge in [0.2, 0.25) is 0 Å². The molecule has 0 radical (unpaired) electrons. The van der Waals surface area contributed by atoms with E-state index in [4.69, 9.17) is 10.5 Å². The average Bonchev–Trinajstić information content (AvgIpc) is 2.21. The largest absolute Gasteiger partial charge is 0.489 e. The van der Waals surface area contributed by atoms with Gasteiger partial charge in [-0.2, -0.15) is 0 Å². The summed E-state index contributed by atoms with van der Waals surface area (Å²) in [7, 11) is -3.16. The van der Waals surface area contributed by atoms with E-state index in [1.807, 2.05) is 0 Å². The predicted molar refractivity (Wildman–Crippen MR) is 65.2 cm³/mol. The molecule has 0 spiro atoms. The van der Waals surface area contributed by atoms with Crippen molar-refractivity contribution < 1.29 is 17.5 Å². The number of hydrogen-bond donors (Lipinski definition) is 1. The topological polar surface area (TPSA) is 69.4 Å². The van der Waals surface area contributed by atoms with Crippen molar-refractivity contribution in [3.8, 4) is 5.75 Å². The number of hydrogen-bond acceptors (Lipinski definition) is 4. The monoisotopic (exact) mass is 261 g/mol. The average molecular weight is 261 g/mol. The summed E-state index contributed by atoms with van der Waals surface area (Å²) in [6, 6.07) is 4.01. The molecule has 0 atom stereocenters. The van der Waals surface area contributed by atoms with Crippen LogP contribution in [0.15, 0.2) is 18.2 Å². The molecule has 0 fully saturated rings. The Balaban J connectivity index is 2.58. The third-order valence-corrected chi connectivity index (χ3v) is 4.47. The van der Waals surface area contributed by atoms with E-state index in [2.05, 4.69) is 0 Å². The van der Waals surface area contributed by atoms with Crippen molar-refractivity contribution in [1.29, 1.82) is 0 Å². The molecule has 0 aliphatic carbocycles. The molecule has 0 bridgehead atoms. The minimum atomic E-state index is -3.16. The highest BCUT2D eigenvalue weighted by atomic mass is 32.2. The van der Waals surface area contributed by atoms with Gasteiger partial charge in [-0.15, -0.1) is 0 Å². The van der Waals surface area contributed by atoms with Crippen LogP contribution in [0.2, 0.25) is 0 Å². The lowest BCUT2D eigenvalue weighted by Crippen LogP contribution is -2.22. The van der Waals surface area contributed by atoms with Gasteiger partial charge in [-0.3, -0.25) is 0 Å². The van der Waals surface area contributed by atoms with Crippen LogP contribution in [-0.4, -0.2) is 26.0 Å². The van der Waals surface area contributed by atoms with Crippen molar-refractivity contribution in [1.82, 2.24) is 0 Å². The quantitative estimate of drug-likeness (QED) is 0.817. The normalized spacial score (nSPS) is 11.8. The van der Waals surface area contributed by atoms with Gasteiger partial charge in [0, 0.05) is 11.8 Å². The lowest BCUT2D eigenvalue weighted by molar-refractivity contribution is 0.322. The van der Waals surface area contributed by atoms with Gasteiger partial charge in [0.25, 0.3) is 0 Å². The number of sulfone groups is 1. The minimum absolute atomic E-state index is 0.0122. The summed E-state index contributed by atoms with van der Waals surface area (Å²) in [6.07, 6.45) is 0. The summed E-state index contributed by atoms with van der Waals surface area (Å²) in [5, 5.41) is -0.456. The lowest BCUT2D eigenvalue weighted by atomic mass is 10.3. The number of rotatable bonds is 5. The summed E-state index contributed by atoms with van der Waals surface area (Å²) in [5.74, 6) is -0.709. The molecule has 17 heavy (non-hydrogen) atoms. The smallest absolute Gasteiger partial charge is 0.167 e. The fourth-order valence-corrected chi connectivity index (χ4v) is 1.92. The van der Waals surface area contributed by atoms with Gasteiger partial charge in [-0.05, 0) is 26.0 Å². The highest BCUT2D eigenvalue weighted by molar-refractivity contribution is 7.91. The Morgan fingerprint density at radius 3 is 2.59 bits per heavy atom. The van der Waals surface area contributed by atoms with Crippen LogP contribution in [0.4, 0.5) is 10.1 Å². The maximum Gasteiger partial charge on any atom is 0.167 e. The zero-order valence-electron chi connectivity index (χ0n) is 9.81. The van der Waals surface area contributed by atoms with Crippen LogP contribution in [0, 0.1) is 5.82 Å². The van der Waals surface area contributed by atoms with Gasteiger partial charge in [-0.25, -0.2) is 12.8 Å². The number of ether oxygens (including phenoxy) is 1. The summed E-state index contributed by atoms with van der Waals surface area (Å²) in [6.45, 7) is 3.12. The second-order valence-electron chi connectivity index (χ2n) is 3.95. The molecule has 0 aliphatic heterocycles. The summed E-state index contributed by atoms with van der Waals surface area (Å²) in [5.41, 5.74) is 5.67. The van der Waals surface area contributed by atoms with E-state index in [0.29, 0.717) is 5.69 Å². The molecule has 0 amide bonds. The Morgan fingerprint density at radius 1 is 1.41 bits per heavy atom. The summed E-state index contributed by atoms with van der Waals surface area (Å²) in [4.78, 5) is 0. The van der Waals surface area contributed by atoms with Crippen LogP contribution in [0.3, 0.4) is 0 Å². The molecular formula is C11H16FNO3S. The van der Waals surface area contributed by atoms with Crippen LogP contribution >= 0.6 is 0 Å². The third kappa shape index (κ3) is 3.89. The number of nitrogens with two attached hydrogens (primary N) is 1. The molecule has 4 nitrogen and oxygen atoms in total. The molecule has 0 unspecified atom stereocenters. The first kappa shape index (κ1) is 13.8. The van der Waals surface area contributed by atoms with Crippen molar-refractivity contribution in [2.75, 3.05) is 18.1 Å². The first-order valence-electron chi connectivity index (χ1n) is 5.22. The number of nitrogen functional groups attached to an aromatic ring is 1. The standard InChI is InChI=1S/C11H16FNO3S/c1-8(2)17(14,15)6-5-16-11-4-3-9(13)7-10(11)12/h3-4,7-8H,5-6,13H2,1-2H3. The van der Waals surface area contributed by atoms with E-state index in [1.54, 1.807) is 13.8 Å². The van der Waals surface area contributed by atoms with E-state index < -0.39 is 20.9 Å². The van der Waals surface area contributed by atoms with Crippen molar-refractivity contribution in [3.63, 3.8) is 0 Å². The minimum Gasteiger partial charge on any atom is -0.489 e. The van der Waals surface area contributed by atoms with Crippen LogP contribution < -0.4 is 10.5 Å². The molecule has 2 N–H and O–H groups in total. The maximum atomic E-state index is 13.3. The SMILES string of the molecule is CC(C)S(=O)(=O)CCOc1ccc(N)cc1F. The first-order chi connectivity index (χ1) is 7.83. The second kappa shape index (κ2) is 5.35. The Bertz CT molecular complexity index is 485. The lowest BCUT2D eigenvalue weighted by Gasteiger charge is -2.10. The first-order valence-corrected chi connectivity index (χ1v) is 6.94. The van der Waals surface area contributed by atoms with Crippen LogP contribution in [0.1, 0.15) is 13.8 Å². The van der Waals surface area contributed by atoms with E-state index in [9.17, 15) is 12.8 Å². The van der Waals surface area contributed by atoms with E-state index in [0.717, 1.165) is 6.07 Å². The zero-order chi connectivity index (χ0) is 13.1. The molecular weight excluding hydrogens is 245 g/mol. The maximum absolute atomic E-state index is 13.3. The molecule has 0 saturated carbocycles. The molecule has 96 valence electrons. The van der Waals surface area contributed by atoms with Crippen molar-refractivity contribution in [2.45, 2.75) is 19.1 Å². The predicted octanol–water partition coefficient (Wildman–Crippen LogP) is 1.61. The van der Waals surface area contributed by atoms with E-state index in [-0.39, 0.29) is 18.1 Å². The van der Waals surface area contributed by atoms with Gasteiger partial charge >= 0.3 is 0 Å². The van der Waals surface area contributed by atoms with Gasteiger partial charge < -0.3 is 10.5 Å². The summed E-state index contributed by atoms with van der Waals surface area (Å²) < 4.78 is 41.3. The second-order valence-corrected chi connectivity index (χ2v) is 6.63. The fraction of sp³-hybridized carbons (Fsp3) is 0.455.